The van der Waals surface area contributed by atoms with Crippen LogP contribution in [0.15, 0.2) is 103 Å². The number of fused-ring (bicyclic) bond motifs is 7. The standard InChI is InChI=1S/C51H53N/c1-48(2)21-22-49(3,4)47-30-37(17-20-44(47)48)52(35-15-18-40-38-11-7-9-13-42(38)50(5,6)45(40)28-35)36-16-19-41-39-12-8-10-14-43(39)51(46(41)29-36)33-24-31-23-32(26-33)27-34(51)25-31/h7-20,28-34H,21-27H2,1-6H3/i7D,9D,11D,13D,15D,17D,18D,20D,28D,30D. The van der Waals surface area contributed by atoms with Gasteiger partial charge in [-0.3, -0.25) is 0 Å². The largest absolute Gasteiger partial charge is 0.310 e. The zero-order valence-corrected chi connectivity index (χ0v) is 31.2. The van der Waals surface area contributed by atoms with Gasteiger partial charge < -0.3 is 4.90 Å². The molecule has 1 nitrogen and oxygen atoms in total. The fourth-order valence-corrected chi connectivity index (χ4v) is 12.3. The van der Waals surface area contributed by atoms with Gasteiger partial charge in [0.15, 0.2) is 0 Å². The van der Waals surface area contributed by atoms with Gasteiger partial charge in [-0.2, -0.15) is 0 Å². The molecule has 4 fully saturated rings. The smallest absolute Gasteiger partial charge is 0.0648 e. The summed E-state index contributed by atoms with van der Waals surface area (Å²) in [5, 5.41) is 0. The van der Waals surface area contributed by atoms with Crippen molar-refractivity contribution in [3.8, 4) is 22.3 Å². The Bertz CT molecular complexity index is 2840. The van der Waals surface area contributed by atoms with Crippen LogP contribution < -0.4 is 4.90 Å². The Kier molecular flexibility index (Phi) is 4.53. The van der Waals surface area contributed by atoms with Crippen LogP contribution in [0.1, 0.15) is 134 Å². The first kappa shape index (κ1) is 22.9. The van der Waals surface area contributed by atoms with Gasteiger partial charge in [0.2, 0.25) is 0 Å². The molecule has 5 aromatic carbocycles. The van der Waals surface area contributed by atoms with Crippen molar-refractivity contribution in [1.29, 1.82) is 0 Å². The first-order valence-corrected chi connectivity index (χ1v) is 19.6. The molecule has 262 valence electrons. The highest BCUT2D eigenvalue weighted by molar-refractivity contribution is 5.89. The van der Waals surface area contributed by atoms with Crippen LogP contribution in [0.5, 0.6) is 0 Å². The zero-order valence-electron chi connectivity index (χ0n) is 41.2. The molecular formula is C51H53N. The zero-order chi connectivity index (χ0) is 44.1. The molecule has 0 radical (unpaired) electrons. The van der Waals surface area contributed by atoms with Crippen molar-refractivity contribution < 1.29 is 13.7 Å². The van der Waals surface area contributed by atoms with Crippen molar-refractivity contribution >= 4 is 17.1 Å². The van der Waals surface area contributed by atoms with Crippen LogP contribution in [0, 0.1) is 23.7 Å². The second-order valence-electron chi connectivity index (χ2n) is 18.9. The first-order chi connectivity index (χ1) is 29.2. The maximum absolute atomic E-state index is 10.2. The summed E-state index contributed by atoms with van der Waals surface area (Å²) < 4.78 is 95.0. The van der Waals surface area contributed by atoms with Gasteiger partial charge in [-0.15, -0.1) is 0 Å². The van der Waals surface area contributed by atoms with E-state index in [9.17, 15) is 8.22 Å². The molecule has 0 atom stereocenters. The van der Waals surface area contributed by atoms with Crippen LogP contribution in [-0.4, -0.2) is 0 Å². The molecule has 12 rings (SSSR count). The molecule has 1 spiro atoms. The van der Waals surface area contributed by atoms with E-state index >= 15 is 0 Å². The second kappa shape index (κ2) is 10.3. The average molecular weight is 690 g/mol. The van der Waals surface area contributed by atoms with E-state index < -0.39 is 28.3 Å². The van der Waals surface area contributed by atoms with Gasteiger partial charge in [-0.05, 0) is 171 Å². The van der Waals surface area contributed by atoms with Crippen molar-refractivity contribution in [2.75, 3.05) is 4.90 Å². The maximum atomic E-state index is 10.2. The maximum Gasteiger partial charge on any atom is 0.0648 e. The lowest BCUT2D eigenvalue weighted by Crippen LogP contribution is -2.55. The van der Waals surface area contributed by atoms with E-state index in [1.807, 2.05) is 19.9 Å². The Hall–Kier alpha value is -4.10. The van der Waals surface area contributed by atoms with Gasteiger partial charge in [0, 0.05) is 27.9 Å². The fraction of sp³-hybridized carbons (Fsp3) is 0.412. The van der Waals surface area contributed by atoms with Crippen molar-refractivity contribution in [3.05, 3.63) is 136 Å². The van der Waals surface area contributed by atoms with Crippen LogP contribution in [-0.2, 0) is 21.7 Å². The SMILES string of the molecule is [2H]c1c([2H])c([2H])c2c(c1[2H])-c1c([2H])c([2H])c(N(c3ccc4c(c3)C3(c5ccccc5-4)C4CC5CC(C4)CC3C5)c3c([2H])c([2H])c4c(c3[2H])C(C)(C)CCC4(C)C)c([2H])c1C2(C)C. The van der Waals surface area contributed by atoms with Gasteiger partial charge in [-0.1, -0.05) is 108 Å². The Morgan fingerprint density at radius 3 is 1.88 bits per heavy atom. The van der Waals surface area contributed by atoms with Crippen molar-refractivity contribution in [2.45, 2.75) is 108 Å². The van der Waals surface area contributed by atoms with Crippen molar-refractivity contribution in [2.24, 2.45) is 23.7 Å². The molecule has 7 aliphatic rings. The number of hydrogen-bond donors (Lipinski definition) is 0. The van der Waals surface area contributed by atoms with E-state index in [4.69, 9.17) is 5.48 Å². The molecule has 0 heterocycles. The summed E-state index contributed by atoms with van der Waals surface area (Å²) in [5.74, 6) is 2.36. The molecule has 0 aromatic heterocycles. The normalized spacial score (nSPS) is 31.3. The van der Waals surface area contributed by atoms with E-state index in [-0.39, 0.29) is 81.8 Å². The number of rotatable bonds is 3. The minimum absolute atomic E-state index is 0.00806. The van der Waals surface area contributed by atoms with E-state index in [2.05, 4.69) is 64.1 Å². The molecule has 0 N–H and O–H groups in total. The molecule has 0 saturated heterocycles. The van der Waals surface area contributed by atoms with Gasteiger partial charge in [0.1, 0.15) is 0 Å². The molecule has 0 aliphatic heterocycles. The van der Waals surface area contributed by atoms with Gasteiger partial charge in [-0.25, -0.2) is 0 Å². The molecule has 0 amide bonds. The lowest BCUT2D eigenvalue weighted by Gasteiger charge is -2.61. The Balaban J connectivity index is 1.25. The predicted molar refractivity (Wildman–Crippen MR) is 217 cm³/mol. The quantitative estimate of drug-likeness (QED) is 0.182. The lowest BCUT2D eigenvalue weighted by atomic mass is 9.43. The number of hydrogen-bond acceptors (Lipinski definition) is 1. The molecule has 7 aliphatic carbocycles. The van der Waals surface area contributed by atoms with E-state index in [1.165, 1.54) is 48.8 Å². The van der Waals surface area contributed by atoms with Crippen LogP contribution in [0.4, 0.5) is 17.1 Å². The minimum Gasteiger partial charge on any atom is -0.310 e. The van der Waals surface area contributed by atoms with Crippen molar-refractivity contribution in [1.82, 2.24) is 0 Å². The summed E-state index contributed by atoms with van der Waals surface area (Å²) in [4.78, 5) is 1.69. The van der Waals surface area contributed by atoms with E-state index in [0.717, 1.165) is 30.2 Å². The summed E-state index contributed by atoms with van der Waals surface area (Å²) >= 11 is 0. The third-order valence-electron chi connectivity index (χ3n) is 14.8. The molecular weight excluding hydrogens is 627 g/mol. The molecule has 4 saturated carbocycles. The third kappa shape index (κ3) is 4.01. The van der Waals surface area contributed by atoms with Gasteiger partial charge >= 0.3 is 0 Å². The van der Waals surface area contributed by atoms with E-state index in [0.29, 0.717) is 34.2 Å². The molecule has 0 unspecified atom stereocenters. The Morgan fingerprint density at radius 2 is 1.13 bits per heavy atom. The molecule has 52 heavy (non-hydrogen) atoms. The van der Waals surface area contributed by atoms with Crippen LogP contribution >= 0.6 is 0 Å². The van der Waals surface area contributed by atoms with Crippen LogP contribution in [0.2, 0.25) is 0 Å². The third-order valence-corrected chi connectivity index (χ3v) is 14.8. The van der Waals surface area contributed by atoms with E-state index in [1.54, 1.807) is 4.90 Å². The molecule has 5 aromatic rings. The van der Waals surface area contributed by atoms with Crippen LogP contribution in [0.3, 0.4) is 0 Å². The highest BCUT2D eigenvalue weighted by Gasteiger charge is 2.61. The highest BCUT2D eigenvalue weighted by atomic mass is 15.1. The summed E-state index contributed by atoms with van der Waals surface area (Å²) in [7, 11) is 0. The second-order valence-corrected chi connectivity index (χ2v) is 18.9. The number of benzene rings is 5. The molecule has 1 heteroatoms. The highest BCUT2D eigenvalue weighted by Crippen LogP contribution is 2.69. The minimum atomic E-state index is -1.16. The Morgan fingerprint density at radius 1 is 0.519 bits per heavy atom. The van der Waals surface area contributed by atoms with Crippen molar-refractivity contribution in [3.63, 3.8) is 0 Å². The average Bonchev–Trinajstić information content (AvgIpc) is 3.65. The summed E-state index contributed by atoms with van der Waals surface area (Å²) in [6.07, 6.45) is 7.58. The monoisotopic (exact) mass is 689 g/mol. The van der Waals surface area contributed by atoms with Gasteiger partial charge in [0.05, 0.1) is 13.7 Å². The lowest BCUT2D eigenvalue weighted by molar-refractivity contribution is -0.0399. The number of anilines is 3. The summed E-state index contributed by atoms with van der Waals surface area (Å²) in [5.41, 5.74) is 5.57. The summed E-state index contributed by atoms with van der Waals surface area (Å²) in [6, 6.07) is 13.0. The Labute approximate surface area is 325 Å². The molecule has 4 bridgehead atoms. The summed E-state index contributed by atoms with van der Waals surface area (Å²) in [6.45, 7) is 12.0. The fourth-order valence-electron chi connectivity index (χ4n) is 12.3. The predicted octanol–water partition coefficient (Wildman–Crippen LogP) is 13.5. The topological polar surface area (TPSA) is 3.24 Å². The first-order valence-electron chi connectivity index (χ1n) is 24.6. The van der Waals surface area contributed by atoms with Crippen LogP contribution in [0.25, 0.3) is 22.3 Å². The number of nitrogens with zero attached hydrogens (tertiary/aromatic N) is 1. The van der Waals surface area contributed by atoms with Gasteiger partial charge in [0.25, 0.3) is 0 Å².